The maximum atomic E-state index is 10.4. The van der Waals surface area contributed by atoms with E-state index in [9.17, 15) is 4.79 Å². The molecule has 1 rings (SSSR count). The van der Waals surface area contributed by atoms with Crippen LogP contribution in [0.2, 0.25) is 0 Å². The molecule has 0 bridgehead atoms. The van der Waals surface area contributed by atoms with Crippen LogP contribution in [0.5, 0.6) is 5.75 Å². The van der Waals surface area contributed by atoms with Crippen LogP contribution in [0.4, 0.5) is 0 Å². The molecule has 0 saturated carbocycles. The fourth-order valence-corrected chi connectivity index (χ4v) is 1.94. The standard InChI is InChI=1S/C12H15BrO3/c1-16-11-7-6-10(13)8-9(11)4-2-3-5-12(14)15/h6-8H,2-5H2,1H3,(H,14,15). The van der Waals surface area contributed by atoms with Gasteiger partial charge in [0.1, 0.15) is 5.75 Å². The molecule has 0 atom stereocenters. The molecule has 0 aromatic heterocycles. The summed E-state index contributed by atoms with van der Waals surface area (Å²) in [5.74, 6) is 0.125. The first-order valence-electron chi connectivity index (χ1n) is 5.17. The van der Waals surface area contributed by atoms with Crippen molar-refractivity contribution in [3.05, 3.63) is 28.2 Å². The monoisotopic (exact) mass is 286 g/mol. The molecular formula is C12H15BrO3. The van der Waals surface area contributed by atoms with Crippen LogP contribution in [-0.2, 0) is 11.2 Å². The van der Waals surface area contributed by atoms with Gasteiger partial charge in [-0.3, -0.25) is 4.79 Å². The second-order valence-corrected chi connectivity index (χ2v) is 4.47. The Bertz CT molecular complexity index is 363. The van der Waals surface area contributed by atoms with Gasteiger partial charge in [-0.05, 0) is 43.0 Å². The number of aryl methyl sites for hydroxylation is 1. The highest BCUT2D eigenvalue weighted by Crippen LogP contribution is 2.24. The van der Waals surface area contributed by atoms with Crippen LogP contribution in [0.25, 0.3) is 0 Å². The zero-order chi connectivity index (χ0) is 12.0. The Kier molecular flexibility index (Phi) is 5.32. The van der Waals surface area contributed by atoms with Crippen molar-refractivity contribution in [3.63, 3.8) is 0 Å². The summed E-state index contributed by atoms with van der Waals surface area (Å²) < 4.78 is 6.26. The molecule has 1 aromatic carbocycles. The molecule has 3 nitrogen and oxygen atoms in total. The SMILES string of the molecule is COc1ccc(Br)cc1CCCCC(=O)O. The smallest absolute Gasteiger partial charge is 0.303 e. The lowest BCUT2D eigenvalue weighted by Gasteiger charge is -2.08. The predicted molar refractivity (Wildman–Crippen MR) is 65.9 cm³/mol. The zero-order valence-electron chi connectivity index (χ0n) is 9.20. The highest BCUT2D eigenvalue weighted by molar-refractivity contribution is 9.10. The molecule has 0 aliphatic carbocycles. The number of unbranched alkanes of at least 4 members (excludes halogenated alkanes) is 1. The first-order chi connectivity index (χ1) is 7.63. The molecule has 1 aromatic rings. The van der Waals surface area contributed by atoms with Crippen LogP contribution in [0, 0.1) is 0 Å². The van der Waals surface area contributed by atoms with Crippen LogP contribution >= 0.6 is 15.9 Å². The molecule has 0 amide bonds. The van der Waals surface area contributed by atoms with E-state index in [1.54, 1.807) is 7.11 Å². The molecule has 88 valence electrons. The second kappa shape index (κ2) is 6.53. The van der Waals surface area contributed by atoms with Crippen molar-refractivity contribution in [2.24, 2.45) is 0 Å². The largest absolute Gasteiger partial charge is 0.496 e. The molecule has 16 heavy (non-hydrogen) atoms. The van der Waals surface area contributed by atoms with E-state index in [4.69, 9.17) is 9.84 Å². The lowest BCUT2D eigenvalue weighted by atomic mass is 10.1. The van der Waals surface area contributed by atoms with E-state index in [0.29, 0.717) is 6.42 Å². The van der Waals surface area contributed by atoms with Crippen LogP contribution in [-0.4, -0.2) is 18.2 Å². The van der Waals surface area contributed by atoms with Crippen LogP contribution in [0.15, 0.2) is 22.7 Å². The Morgan fingerprint density at radius 2 is 2.19 bits per heavy atom. The van der Waals surface area contributed by atoms with Gasteiger partial charge < -0.3 is 9.84 Å². The van der Waals surface area contributed by atoms with E-state index in [2.05, 4.69) is 15.9 Å². The van der Waals surface area contributed by atoms with Gasteiger partial charge in [0, 0.05) is 10.9 Å². The zero-order valence-corrected chi connectivity index (χ0v) is 10.8. The number of ether oxygens (including phenoxy) is 1. The molecule has 0 saturated heterocycles. The van der Waals surface area contributed by atoms with Gasteiger partial charge in [-0.2, -0.15) is 0 Å². The summed E-state index contributed by atoms with van der Waals surface area (Å²) in [6.07, 6.45) is 2.64. The minimum atomic E-state index is -0.735. The molecule has 0 spiro atoms. The molecular weight excluding hydrogens is 272 g/mol. The van der Waals surface area contributed by atoms with Crippen molar-refractivity contribution in [1.82, 2.24) is 0 Å². The summed E-state index contributed by atoms with van der Waals surface area (Å²) in [7, 11) is 1.64. The highest BCUT2D eigenvalue weighted by atomic mass is 79.9. The number of carboxylic acids is 1. The van der Waals surface area contributed by atoms with E-state index >= 15 is 0 Å². The Hall–Kier alpha value is -1.03. The van der Waals surface area contributed by atoms with E-state index in [1.165, 1.54) is 0 Å². The number of hydrogen-bond donors (Lipinski definition) is 1. The van der Waals surface area contributed by atoms with Crippen LogP contribution < -0.4 is 4.74 Å². The molecule has 0 heterocycles. The van der Waals surface area contributed by atoms with Crippen molar-refractivity contribution in [2.45, 2.75) is 25.7 Å². The quantitative estimate of drug-likeness (QED) is 0.817. The van der Waals surface area contributed by atoms with Gasteiger partial charge in [0.15, 0.2) is 0 Å². The third-order valence-corrected chi connectivity index (χ3v) is 2.82. The topological polar surface area (TPSA) is 46.5 Å². The van der Waals surface area contributed by atoms with Gasteiger partial charge in [-0.15, -0.1) is 0 Å². The number of benzene rings is 1. The normalized spacial score (nSPS) is 10.1. The summed E-state index contributed by atoms with van der Waals surface area (Å²) in [6.45, 7) is 0. The van der Waals surface area contributed by atoms with Crippen molar-refractivity contribution < 1.29 is 14.6 Å². The lowest BCUT2D eigenvalue weighted by Crippen LogP contribution is -1.96. The number of aliphatic carboxylic acids is 1. The third-order valence-electron chi connectivity index (χ3n) is 2.33. The molecule has 0 radical (unpaired) electrons. The number of methoxy groups -OCH3 is 1. The predicted octanol–water partition coefficient (Wildman–Crippen LogP) is 3.26. The fourth-order valence-electron chi connectivity index (χ4n) is 1.53. The first kappa shape index (κ1) is 13.0. The van der Waals surface area contributed by atoms with E-state index in [-0.39, 0.29) is 6.42 Å². The van der Waals surface area contributed by atoms with E-state index in [0.717, 1.165) is 28.6 Å². The summed E-state index contributed by atoms with van der Waals surface area (Å²) in [6, 6.07) is 5.86. The average molecular weight is 287 g/mol. The molecule has 0 aliphatic rings. The average Bonchev–Trinajstić information content (AvgIpc) is 2.24. The van der Waals surface area contributed by atoms with Crippen LogP contribution in [0.1, 0.15) is 24.8 Å². The summed E-state index contributed by atoms with van der Waals surface area (Å²) >= 11 is 3.41. The number of hydrogen-bond acceptors (Lipinski definition) is 2. The molecule has 1 N–H and O–H groups in total. The number of rotatable bonds is 6. The van der Waals surface area contributed by atoms with Gasteiger partial charge >= 0.3 is 5.97 Å². The maximum absolute atomic E-state index is 10.4. The molecule has 0 unspecified atom stereocenters. The van der Waals surface area contributed by atoms with E-state index < -0.39 is 5.97 Å². The number of carbonyl (C=O) groups is 1. The van der Waals surface area contributed by atoms with Gasteiger partial charge in [0.05, 0.1) is 7.11 Å². The highest BCUT2D eigenvalue weighted by Gasteiger charge is 2.04. The fraction of sp³-hybridized carbons (Fsp3) is 0.417. The maximum Gasteiger partial charge on any atom is 0.303 e. The second-order valence-electron chi connectivity index (χ2n) is 3.56. The minimum absolute atomic E-state index is 0.232. The molecule has 0 fully saturated rings. The van der Waals surface area contributed by atoms with Gasteiger partial charge in [-0.25, -0.2) is 0 Å². The molecule has 4 heteroatoms. The van der Waals surface area contributed by atoms with Crippen molar-refractivity contribution in [3.8, 4) is 5.75 Å². The van der Waals surface area contributed by atoms with Crippen molar-refractivity contribution in [2.75, 3.05) is 7.11 Å². The Labute approximate surface area is 104 Å². The lowest BCUT2D eigenvalue weighted by molar-refractivity contribution is -0.137. The van der Waals surface area contributed by atoms with Crippen molar-refractivity contribution >= 4 is 21.9 Å². The summed E-state index contributed by atoms with van der Waals surface area (Å²) in [4.78, 5) is 10.4. The van der Waals surface area contributed by atoms with E-state index in [1.807, 2.05) is 18.2 Å². The summed E-state index contributed by atoms with van der Waals surface area (Å²) in [5.41, 5.74) is 1.11. The minimum Gasteiger partial charge on any atom is -0.496 e. The van der Waals surface area contributed by atoms with Crippen LogP contribution in [0.3, 0.4) is 0 Å². The number of carboxylic acid groups (broad SMARTS) is 1. The van der Waals surface area contributed by atoms with Gasteiger partial charge in [0.25, 0.3) is 0 Å². The Morgan fingerprint density at radius 1 is 1.44 bits per heavy atom. The first-order valence-corrected chi connectivity index (χ1v) is 5.97. The number of halogens is 1. The van der Waals surface area contributed by atoms with Gasteiger partial charge in [0.2, 0.25) is 0 Å². The Morgan fingerprint density at radius 3 is 2.81 bits per heavy atom. The van der Waals surface area contributed by atoms with Gasteiger partial charge in [-0.1, -0.05) is 15.9 Å². The van der Waals surface area contributed by atoms with Crippen molar-refractivity contribution in [1.29, 1.82) is 0 Å². The Balaban J connectivity index is 2.51. The third kappa shape index (κ3) is 4.23. The summed E-state index contributed by atoms with van der Waals surface area (Å²) in [5, 5.41) is 8.52. The molecule has 0 aliphatic heterocycles.